The molecular formula is C9H18O4S. The van der Waals surface area contributed by atoms with Crippen LogP contribution in [0.2, 0.25) is 0 Å². The fraction of sp³-hybridized carbons (Fsp3) is 0.889. The summed E-state index contributed by atoms with van der Waals surface area (Å²) in [5, 5.41) is 0. The first-order chi connectivity index (χ1) is 6.52. The van der Waals surface area contributed by atoms with Gasteiger partial charge in [-0.25, -0.2) is 8.42 Å². The summed E-state index contributed by atoms with van der Waals surface area (Å²) in [6.07, 6.45) is 1.48. The Morgan fingerprint density at radius 3 is 2.36 bits per heavy atom. The van der Waals surface area contributed by atoms with E-state index in [-0.39, 0.29) is 17.9 Å². The Kier molecular flexibility index (Phi) is 6.53. The minimum absolute atomic E-state index is 0.0279. The van der Waals surface area contributed by atoms with Crippen molar-refractivity contribution in [2.24, 2.45) is 0 Å². The average molecular weight is 222 g/mol. The predicted molar refractivity (Wildman–Crippen MR) is 54.8 cm³/mol. The molecule has 0 spiro atoms. The minimum Gasteiger partial charge on any atom is -0.466 e. The fourth-order valence-corrected chi connectivity index (χ4v) is 2.35. The molecule has 0 rings (SSSR count). The number of sulfone groups is 1. The number of rotatable bonds is 7. The Hall–Kier alpha value is -0.580. The molecule has 0 aromatic carbocycles. The molecule has 4 nitrogen and oxygen atoms in total. The van der Waals surface area contributed by atoms with Crippen LogP contribution in [0.1, 0.15) is 33.1 Å². The minimum atomic E-state index is -3.06. The van der Waals surface area contributed by atoms with Gasteiger partial charge >= 0.3 is 5.97 Å². The molecule has 0 amide bonds. The van der Waals surface area contributed by atoms with Crippen LogP contribution in [0.25, 0.3) is 0 Å². The molecule has 0 aliphatic carbocycles. The third kappa shape index (κ3) is 6.88. The number of unbranched alkanes of at least 4 members (excludes halogenated alkanes) is 1. The van der Waals surface area contributed by atoms with Gasteiger partial charge in [0.25, 0.3) is 0 Å². The van der Waals surface area contributed by atoms with Gasteiger partial charge in [0.05, 0.1) is 24.5 Å². The summed E-state index contributed by atoms with van der Waals surface area (Å²) >= 11 is 0. The zero-order valence-corrected chi connectivity index (χ0v) is 9.60. The zero-order chi connectivity index (χ0) is 11.0. The lowest BCUT2D eigenvalue weighted by Gasteiger charge is -2.03. The molecule has 14 heavy (non-hydrogen) atoms. The van der Waals surface area contributed by atoms with E-state index in [1.54, 1.807) is 6.92 Å². The highest BCUT2D eigenvalue weighted by Gasteiger charge is 2.13. The van der Waals surface area contributed by atoms with Crippen molar-refractivity contribution in [2.75, 3.05) is 18.1 Å². The van der Waals surface area contributed by atoms with E-state index >= 15 is 0 Å². The van der Waals surface area contributed by atoms with Crippen LogP contribution in [0.5, 0.6) is 0 Å². The van der Waals surface area contributed by atoms with Crippen molar-refractivity contribution < 1.29 is 17.9 Å². The summed E-state index contributed by atoms with van der Waals surface area (Å²) in [7, 11) is -3.06. The molecule has 0 saturated heterocycles. The normalized spacial score (nSPS) is 11.3. The first-order valence-corrected chi connectivity index (χ1v) is 6.70. The van der Waals surface area contributed by atoms with E-state index in [0.29, 0.717) is 13.0 Å². The van der Waals surface area contributed by atoms with Gasteiger partial charge in [-0.1, -0.05) is 13.3 Å². The third-order valence-corrected chi connectivity index (χ3v) is 3.47. The van der Waals surface area contributed by atoms with E-state index in [1.165, 1.54) is 0 Å². The fourth-order valence-electron chi connectivity index (χ4n) is 0.938. The third-order valence-electron chi connectivity index (χ3n) is 1.73. The lowest BCUT2D eigenvalue weighted by molar-refractivity contribution is -0.142. The molecule has 0 radical (unpaired) electrons. The molecule has 0 aliphatic rings. The van der Waals surface area contributed by atoms with Gasteiger partial charge in [0, 0.05) is 0 Å². The maximum atomic E-state index is 11.3. The lowest BCUT2D eigenvalue weighted by atomic mass is 10.4. The molecule has 0 fully saturated rings. The summed E-state index contributed by atoms with van der Waals surface area (Å²) in [5.74, 6) is -0.359. The number of hydrogen-bond acceptors (Lipinski definition) is 4. The van der Waals surface area contributed by atoms with Crippen molar-refractivity contribution in [1.29, 1.82) is 0 Å². The van der Waals surface area contributed by atoms with E-state index < -0.39 is 15.8 Å². The first kappa shape index (κ1) is 13.4. The number of hydrogen-bond donors (Lipinski definition) is 0. The number of ether oxygens (including phenoxy) is 1. The second-order valence-electron chi connectivity index (χ2n) is 3.06. The second kappa shape index (κ2) is 6.81. The molecule has 84 valence electrons. The molecule has 0 bridgehead atoms. The molecule has 0 aliphatic heterocycles. The average Bonchev–Trinajstić information content (AvgIpc) is 2.13. The van der Waals surface area contributed by atoms with Crippen molar-refractivity contribution >= 4 is 15.8 Å². The summed E-state index contributed by atoms with van der Waals surface area (Å²) in [6.45, 7) is 3.93. The highest BCUT2D eigenvalue weighted by atomic mass is 32.2. The van der Waals surface area contributed by atoms with Gasteiger partial charge in [0.15, 0.2) is 9.84 Å². The standard InChI is InChI=1S/C9H18O4S/c1-3-5-7-14(11,12)8-6-9(10)13-4-2/h3-8H2,1-2H3. The largest absolute Gasteiger partial charge is 0.466 e. The smallest absolute Gasteiger partial charge is 0.306 e. The van der Waals surface area contributed by atoms with Crippen LogP contribution in [0.4, 0.5) is 0 Å². The molecule has 0 heterocycles. The van der Waals surface area contributed by atoms with Crippen LogP contribution in [0.15, 0.2) is 0 Å². The van der Waals surface area contributed by atoms with Crippen LogP contribution >= 0.6 is 0 Å². The Morgan fingerprint density at radius 1 is 1.21 bits per heavy atom. The SMILES string of the molecule is CCCCS(=O)(=O)CCC(=O)OCC. The highest BCUT2D eigenvalue weighted by Crippen LogP contribution is 2.00. The maximum Gasteiger partial charge on any atom is 0.306 e. The molecule has 0 aromatic heterocycles. The van der Waals surface area contributed by atoms with Gasteiger partial charge in [-0.05, 0) is 13.3 Å². The van der Waals surface area contributed by atoms with Gasteiger partial charge in [0.2, 0.25) is 0 Å². The van der Waals surface area contributed by atoms with Gasteiger partial charge in [-0.3, -0.25) is 4.79 Å². The summed E-state index contributed by atoms with van der Waals surface area (Å²) in [4.78, 5) is 10.9. The van der Waals surface area contributed by atoms with E-state index in [1.807, 2.05) is 6.92 Å². The highest BCUT2D eigenvalue weighted by molar-refractivity contribution is 7.91. The monoisotopic (exact) mass is 222 g/mol. The van der Waals surface area contributed by atoms with Crippen LogP contribution in [-0.4, -0.2) is 32.5 Å². The van der Waals surface area contributed by atoms with Crippen molar-refractivity contribution in [3.8, 4) is 0 Å². The Morgan fingerprint density at radius 2 is 1.86 bits per heavy atom. The Balaban J connectivity index is 3.81. The van der Waals surface area contributed by atoms with Gasteiger partial charge in [-0.15, -0.1) is 0 Å². The number of esters is 1. The molecule has 0 atom stereocenters. The summed E-state index contributed by atoms with van der Waals surface area (Å²) in [6, 6.07) is 0. The van der Waals surface area contributed by atoms with Crippen LogP contribution in [0, 0.1) is 0 Å². The molecule has 0 aromatic rings. The second-order valence-corrected chi connectivity index (χ2v) is 5.36. The van der Waals surface area contributed by atoms with E-state index in [0.717, 1.165) is 6.42 Å². The predicted octanol–water partition coefficient (Wildman–Crippen LogP) is 1.15. The molecular weight excluding hydrogens is 204 g/mol. The topological polar surface area (TPSA) is 60.4 Å². The summed E-state index contributed by atoms with van der Waals surface area (Å²) in [5.41, 5.74) is 0. The number of carbonyl (C=O) groups excluding carboxylic acids is 1. The maximum absolute atomic E-state index is 11.3. The van der Waals surface area contributed by atoms with Crippen molar-refractivity contribution in [2.45, 2.75) is 33.1 Å². The van der Waals surface area contributed by atoms with Crippen LogP contribution in [0.3, 0.4) is 0 Å². The first-order valence-electron chi connectivity index (χ1n) is 4.88. The summed E-state index contributed by atoms with van der Waals surface area (Å²) < 4.78 is 27.2. The molecule has 5 heteroatoms. The van der Waals surface area contributed by atoms with Gasteiger partial charge < -0.3 is 4.74 Å². The lowest BCUT2D eigenvalue weighted by Crippen LogP contribution is -2.15. The van der Waals surface area contributed by atoms with Crippen molar-refractivity contribution in [1.82, 2.24) is 0 Å². The van der Waals surface area contributed by atoms with E-state index in [2.05, 4.69) is 4.74 Å². The Labute approximate surface area is 85.6 Å². The number of carbonyl (C=O) groups is 1. The van der Waals surface area contributed by atoms with E-state index in [4.69, 9.17) is 0 Å². The van der Waals surface area contributed by atoms with Crippen molar-refractivity contribution in [3.05, 3.63) is 0 Å². The van der Waals surface area contributed by atoms with E-state index in [9.17, 15) is 13.2 Å². The zero-order valence-electron chi connectivity index (χ0n) is 8.78. The molecule has 0 unspecified atom stereocenters. The molecule has 0 N–H and O–H groups in total. The quantitative estimate of drug-likeness (QED) is 0.606. The van der Waals surface area contributed by atoms with Gasteiger partial charge in [0.1, 0.15) is 0 Å². The van der Waals surface area contributed by atoms with Crippen LogP contribution in [-0.2, 0) is 19.4 Å². The Bertz CT molecular complexity index is 256. The van der Waals surface area contributed by atoms with Crippen LogP contribution < -0.4 is 0 Å². The van der Waals surface area contributed by atoms with Gasteiger partial charge in [-0.2, -0.15) is 0 Å². The van der Waals surface area contributed by atoms with Crippen molar-refractivity contribution in [3.63, 3.8) is 0 Å². The molecule has 0 saturated carbocycles.